The number of ether oxygens (including phenoxy) is 4. The van der Waals surface area contributed by atoms with Gasteiger partial charge in [-0.2, -0.15) is 0 Å². The summed E-state index contributed by atoms with van der Waals surface area (Å²) in [4.78, 5) is 27.6. The molecule has 0 saturated carbocycles. The Morgan fingerprint density at radius 1 is 1.00 bits per heavy atom. The van der Waals surface area contributed by atoms with Gasteiger partial charge in [0.05, 0.1) is 30.2 Å². The van der Waals surface area contributed by atoms with Crippen molar-refractivity contribution in [3.05, 3.63) is 93.3 Å². The van der Waals surface area contributed by atoms with Gasteiger partial charge in [0.2, 0.25) is 11.2 Å². The topological polar surface area (TPSA) is 87.4 Å². The summed E-state index contributed by atoms with van der Waals surface area (Å²) in [6.45, 7) is 5.66. The first kappa shape index (κ1) is 25.4. The van der Waals surface area contributed by atoms with Crippen molar-refractivity contribution in [2.24, 2.45) is 0 Å². The molecule has 8 nitrogen and oxygen atoms in total. The summed E-state index contributed by atoms with van der Waals surface area (Å²) in [5, 5.41) is 0.416. The first-order valence-electron chi connectivity index (χ1n) is 12.5. The summed E-state index contributed by atoms with van der Waals surface area (Å²) in [7, 11) is 1.64. The first-order chi connectivity index (χ1) is 18.5. The lowest BCUT2D eigenvalue weighted by molar-refractivity contribution is 0.0505. The molecule has 0 fully saturated rings. The summed E-state index contributed by atoms with van der Waals surface area (Å²) in [5.74, 6) is 1.98. The standard InChI is InChI=1S/C30H29NO7/c1-4-15-35-30(33)21-7-11-23(12-8-21)38-28-19(2)37-29-24(27(28)32)13-14-26-25(29)17-31(18-36-26)16-20-5-9-22(34-3)10-6-20/h5-14H,4,15-18H2,1-3H3. The molecule has 0 saturated heterocycles. The Morgan fingerprint density at radius 3 is 2.45 bits per heavy atom. The Labute approximate surface area is 220 Å². The molecule has 4 aromatic rings. The van der Waals surface area contributed by atoms with Crippen LogP contribution in [0.5, 0.6) is 23.0 Å². The number of methoxy groups -OCH3 is 1. The van der Waals surface area contributed by atoms with Gasteiger partial charge in [0.25, 0.3) is 0 Å². The van der Waals surface area contributed by atoms with Gasteiger partial charge in [-0.05, 0) is 67.4 Å². The number of rotatable bonds is 8. The Balaban J connectivity index is 1.38. The Morgan fingerprint density at radius 2 is 1.74 bits per heavy atom. The van der Waals surface area contributed by atoms with Crippen LogP contribution in [0.4, 0.5) is 0 Å². The van der Waals surface area contributed by atoms with E-state index in [2.05, 4.69) is 4.90 Å². The van der Waals surface area contributed by atoms with E-state index in [0.717, 1.165) is 23.3 Å². The van der Waals surface area contributed by atoms with E-state index >= 15 is 0 Å². The van der Waals surface area contributed by atoms with Crippen molar-refractivity contribution < 1.29 is 28.2 Å². The SMILES string of the molecule is CCCOC(=O)c1ccc(Oc2c(C)oc3c4c(ccc3c2=O)OCN(Cc2ccc(OC)cc2)C4)cc1. The lowest BCUT2D eigenvalue weighted by Gasteiger charge is -2.29. The number of esters is 1. The normalized spacial score (nSPS) is 13.0. The van der Waals surface area contributed by atoms with E-state index in [4.69, 9.17) is 23.4 Å². The zero-order chi connectivity index (χ0) is 26.6. The molecule has 0 spiro atoms. The highest BCUT2D eigenvalue weighted by Crippen LogP contribution is 2.34. The number of hydrogen-bond donors (Lipinski definition) is 0. The van der Waals surface area contributed by atoms with E-state index in [1.807, 2.05) is 31.2 Å². The Kier molecular flexibility index (Phi) is 7.33. The van der Waals surface area contributed by atoms with Crippen LogP contribution in [0.15, 0.2) is 69.9 Å². The number of nitrogens with zero attached hydrogens (tertiary/aromatic N) is 1. The van der Waals surface area contributed by atoms with Crippen LogP contribution in [0, 0.1) is 6.92 Å². The minimum atomic E-state index is -0.396. The molecule has 0 amide bonds. The predicted octanol–water partition coefficient (Wildman–Crippen LogP) is 5.82. The van der Waals surface area contributed by atoms with Crippen LogP contribution in [0.1, 0.15) is 40.6 Å². The highest BCUT2D eigenvalue weighted by atomic mass is 16.5. The summed E-state index contributed by atoms with van der Waals surface area (Å²) < 4.78 is 28.5. The molecule has 8 heteroatoms. The molecular formula is C30H29NO7. The molecule has 0 bridgehead atoms. The molecule has 5 rings (SSSR count). The third-order valence-electron chi connectivity index (χ3n) is 6.34. The van der Waals surface area contributed by atoms with Gasteiger partial charge in [-0.15, -0.1) is 0 Å². The Bertz CT molecular complexity index is 1510. The van der Waals surface area contributed by atoms with Crippen LogP contribution in [-0.2, 0) is 17.8 Å². The van der Waals surface area contributed by atoms with Crippen LogP contribution >= 0.6 is 0 Å². The molecule has 3 aromatic carbocycles. The van der Waals surface area contributed by atoms with Crippen molar-refractivity contribution in [3.63, 3.8) is 0 Å². The van der Waals surface area contributed by atoms with E-state index < -0.39 is 5.97 Å². The molecule has 2 heterocycles. The maximum atomic E-state index is 13.4. The molecule has 0 N–H and O–H groups in total. The fraction of sp³-hybridized carbons (Fsp3) is 0.267. The van der Waals surface area contributed by atoms with Crippen LogP contribution in [-0.4, -0.2) is 31.3 Å². The van der Waals surface area contributed by atoms with Gasteiger partial charge in [0, 0.05) is 13.1 Å². The van der Waals surface area contributed by atoms with Gasteiger partial charge in [-0.1, -0.05) is 19.1 Å². The van der Waals surface area contributed by atoms with E-state index in [1.165, 1.54) is 0 Å². The molecule has 1 aliphatic rings. The van der Waals surface area contributed by atoms with E-state index in [9.17, 15) is 9.59 Å². The largest absolute Gasteiger partial charge is 0.497 e. The quantitative estimate of drug-likeness (QED) is 0.271. The molecular weight excluding hydrogens is 486 g/mol. The summed E-state index contributed by atoms with van der Waals surface area (Å²) in [6, 6.07) is 17.9. The molecule has 0 unspecified atom stereocenters. The number of benzene rings is 3. The zero-order valence-electron chi connectivity index (χ0n) is 21.6. The molecule has 196 valence electrons. The summed E-state index contributed by atoms with van der Waals surface area (Å²) in [5.41, 5.74) is 2.58. The minimum absolute atomic E-state index is 0.102. The maximum absolute atomic E-state index is 13.4. The average molecular weight is 516 g/mol. The van der Waals surface area contributed by atoms with Crippen molar-refractivity contribution in [2.75, 3.05) is 20.4 Å². The van der Waals surface area contributed by atoms with Crippen molar-refractivity contribution in [3.8, 4) is 23.0 Å². The summed E-state index contributed by atoms with van der Waals surface area (Å²) >= 11 is 0. The number of hydrogen-bond acceptors (Lipinski definition) is 8. The van der Waals surface area contributed by atoms with Gasteiger partial charge in [-0.25, -0.2) is 4.79 Å². The zero-order valence-corrected chi connectivity index (χ0v) is 21.6. The minimum Gasteiger partial charge on any atom is -0.497 e. The Hall–Kier alpha value is -4.30. The van der Waals surface area contributed by atoms with Crippen molar-refractivity contribution in [2.45, 2.75) is 33.4 Å². The van der Waals surface area contributed by atoms with Crippen molar-refractivity contribution in [1.82, 2.24) is 4.90 Å². The van der Waals surface area contributed by atoms with Crippen LogP contribution in [0.3, 0.4) is 0 Å². The highest BCUT2D eigenvalue weighted by molar-refractivity contribution is 5.89. The van der Waals surface area contributed by atoms with E-state index in [-0.39, 0.29) is 11.2 Å². The lowest BCUT2D eigenvalue weighted by atomic mass is 10.1. The van der Waals surface area contributed by atoms with E-state index in [0.29, 0.717) is 60.2 Å². The van der Waals surface area contributed by atoms with Gasteiger partial charge >= 0.3 is 5.97 Å². The fourth-order valence-corrected chi connectivity index (χ4v) is 4.37. The molecule has 1 aliphatic heterocycles. The highest BCUT2D eigenvalue weighted by Gasteiger charge is 2.24. The molecule has 0 atom stereocenters. The second-order valence-electron chi connectivity index (χ2n) is 9.11. The summed E-state index contributed by atoms with van der Waals surface area (Å²) in [6.07, 6.45) is 0.750. The first-order valence-corrected chi connectivity index (χ1v) is 12.5. The second-order valence-corrected chi connectivity index (χ2v) is 9.11. The third kappa shape index (κ3) is 5.21. The van der Waals surface area contributed by atoms with Gasteiger partial charge in [0.1, 0.15) is 35.3 Å². The van der Waals surface area contributed by atoms with E-state index in [1.54, 1.807) is 50.4 Å². The fourth-order valence-electron chi connectivity index (χ4n) is 4.37. The van der Waals surface area contributed by atoms with Gasteiger partial charge < -0.3 is 23.4 Å². The monoisotopic (exact) mass is 515 g/mol. The van der Waals surface area contributed by atoms with Gasteiger partial charge in [0.15, 0.2) is 0 Å². The third-order valence-corrected chi connectivity index (χ3v) is 6.34. The smallest absolute Gasteiger partial charge is 0.338 e. The van der Waals surface area contributed by atoms with Crippen LogP contribution in [0.2, 0.25) is 0 Å². The molecule has 1 aromatic heterocycles. The van der Waals surface area contributed by atoms with Crippen LogP contribution in [0.25, 0.3) is 11.0 Å². The lowest BCUT2D eigenvalue weighted by Crippen LogP contribution is -2.31. The molecule has 0 aliphatic carbocycles. The number of carbonyl (C=O) groups excluding carboxylic acids is 1. The van der Waals surface area contributed by atoms with Crippen molar-refractivity contribution in [1.29, 1.82) is 0 Å². The average Bonchev–Trinajstić information content (AvgIpc) is 2.94. The number of aryl methyl sites for hydroxylation is 1. The van der Waals surface area contributed by atoms with Crippen LogP contribution < -0.4 is 19.6 Å². The second kappa shape index (κ2) is 11.0. The number of fused-ring (bicyclic) bond motifs is 3. The van der Waals surface area contributed by atoms with Gasteiger partial charge in [-0.3, -0.25) is 9.69 Å². The molecule has 0 radical (unpaired) electrons. The van der Waals surface area contributed by atoms with Crippen molar-refractivity contribution >= 4 is 16.9 Å². The predicted molar refractivity (Wildman–Crippen MR) is 142 cm³/mol. The number of carbonyl (C=O) groups is 1. The maximum Gasteiger partial charge on any atom is 0.338 e. The molecule has 38 heavy (non-hydrogen) atoms.